The lowest BCUT2D eigenvalue weighted by molar-refractivity contribution is 0.101. The lowest BCUT2D eigenvalue weighted by Gasteiger charge is -2.04. The minimum absolute atomic E-state index is 0.0183. The zero-order valence-corrected chi connectivity index (χ0v) is 9.86. The number of pyridine rings is 1. The number of aromatic nitrogens is 3. The molecule has 0 bridgehead atoms. The molecule has 2 aromatic heterocycles. The molecule has 0 spiro atoms. The second-order valence-corrected chi connectivity index (χ2v) is 4.29. The van der Waals surface area contributed by atoms with Crippen molar-refractivity contribution in [1.82, 2.24) is 14.5 Å². The smallest absolute Gasteiger partial charge is 0.174 e. The van der Waals surface area contributed by atoms with Crippen LogP contribution in [0.15, 0.2) is 40.9 Å². The van der Waals surface area contributed by atoms with E-state index in [-0.39, 0.29) is 5.78 Å². The quantitative estimate of drug-likeness (QED) is 0.762. The van der Waals surface area contributed by atoms with Crippen LogP contribution < -0.4 is 0 Å². The Balaban J connectivity index is 2.35. The van der Waals surface area contributed by atoms with Gasteiger partial charge in [-0.2, -0.15) is 0 Å². The molecule has 2 rings (SSSR count). The van der Waals surface area contributed by atoms with Crippen LogP contribution in [-0.2, 0) is 7.05 Å². The third-order valence-electron chi connectivity index (χ3n) is 2.12. The highest BCUT2D eigenvalue weighted by Gasteiger charge is 2.11. The topological polar surface area (TPSA) is 47.8 Å². The second-order valence-electron chi connectivity index (χ2n) is 3.34. The molecule has 0 saturated carbocycles. The van der Waals surface area contributed by atoms with Crippen LogP contribution in [0.4, 0.5) is 0 Å². The fourth-order valence-corrected chi connectivity index (χ4v) is 2.20. The van der Waals surface area contributed by atoms with Crippen LogP contribution in [0.3, 0.4) is 0 Å². The van der Waals surface area contributed by atoms with E-state index < -0.39 is 0 Å². The van der Waals surface area contributed by atoms with E-state index in [0.29, 0.717) is 10.6 Å². The molecule has 0 atom stereocenters. The maximum atomic E-state index is 11.4. The molecule has 5 heteroatoms. The summed E-state index contributed by atoms with van der Waals surface area (Å²) in [4.78, 5) is 19.8. The second kappa shape index (κ2) is 4.49. The molecule has 0 fully saturated rings. The molecule has 0 unspecified atom stereocenters. The van der Waals surface area contributed by atoms with Crippen molar-refractivity contribution in [3.63, 3.8) is 0 Å². The normalized spacial score (nSPS) is 10.4. The van der Waals surface area contributed by atoms with Crippen molar-refractivity contribution < 1.29 is 4.79 Å². The Morgan fingerprint density at radius 3 is 2.81 bits per heavy atom. The van der Waals surface area contributed by atoms with Gasteiger partial charge in [0, 0.05) is 31.2 Å². The van der Waals surface area contributed by atoms with Crippen LogP contribution in [0.2, 0.25) is 0 Å². The first kappa shape index (κ1) is 10.9. The maximum Gasteiger partial charge on any atom is 0.174 e. The highest BCUT2D eigenvalue weighted by Crippen LogP contribution is 2.26. The number of imidazole rings is 1. The van der Waals surface area contributed by atoms with Gasteiger partial charge in [0.1, 0.15) is 5.03 Å². The van der Waals surface area contributed by atoms with Crippen molar-refractivity contribution in [3.8, 4) is 0 Å². The SMILES string of the molecule is CC(=O)c1cccnc1Sc1nccn1C. The van der Waals surface area contributed by atoms with Gasteiger partial charge in [0.2, 0.25) is 0 Å². The summed E-state index contributed by atoms with van der Waals surface area (Å²) in [6.45, 7) is 1.54. The summed E-state index contributed by atoms with van der Waals surface area (Å²) < 4.78 is 1.89. The predicted octanol–water partition coefficient (Wildman–Crippen LogP) is 2.17. The van der Waals surface area contributed by atoms with Crippen molar-refractivity contribution >= 4 is 17.5 Å². The number of carbonyl (C=O) groups is 1. The number of carbonyl (C=O) groups excluding carboxylic acids is 1. The lowest BCUT2D eigenvalue weighted by atomic mass is 10.2. The lowest BCUT2D eigenvalue weighted by Crippen LogP contribution is -1.98. The summed E-state index contributed by atoms with van der Waals surface area (Å²) in [5.74, 6) is 0.0183. The van der Waals surface area contributed by atoms with Gasteiger partial charge in [-0.1, -0.05) is 0 Å². The highest BCUT2D eigenvalue weighted by molar-refractivity contribution is 7.99. The molecule has 0 aliphatic rings. The summed E-state index contributed by atoms with van der Waals surface area (Å²) in [7, 11) is 1.91. The van der Waals surface area contributed by atoms with Crippen molar-refractivity contribution in [2.75, 3.05) is 0 Å². The van der Waals surface area contributed by atoms with E-state index in [2.05, 4.69) is 9.97 Å². The van der Waals surface area contributed by atoms with Crippen molar-refractivity contribution in [1.29, 1.82) is 0 Å². The van der Waals surface area contributed by atoms with Gasteiger partial charge in [-0.3, -0.25) is 4.79 Å². The van der Waals surface area contributed by atoms with Gasteiger partial charge in [-0.05, 0) is 30.8 Å². The number of ketones is 1. The molecule has 16 heavy (non-hydrogen) atoms. The van der Waals surface area contributed by atoms with E-state index in [1.54, 1.807) is 31.5 Å². The summed E-state index contributed by atoms with van der Waals surface area (Å²) in [5.41, 5.74) is 0.635. The molecule has 0 N–H and O–H groups in total. The van der Waals surface area contributed by atoms with E-state index in [1.807, 2.05) is 17.8 Å². The molecule has 0 radical (unpaired) electrons. The van der Waals surface area contributed by atoms with Crippen LogP contribution in [-0.4, -0.2) is 20.3 Å². The summed E-state index contributed by atoms with van der Waals surface area (Å²) in [6, 6.07) is 3.54. The Kier molecular flexibility index (Phi) is 3.05. The molecule has 0 amide bonds. The first-order valence-corrected chi connectivity index (χ1v) is 5.61. The van der Waals surface area contributed by atoms with Gasteiger partial charge >= 0.3 is 0 Å². The Morgan fingerprint density at radius 2 is 2.19 bits per heavy atom. The van der Waals surface area contributed by atoms with E-state index in [1.165, 1.54) is 11.8 Å². The number of aryl methyl sites for hydroxylation is 1. The monoisotopic (exact) mass is 233 g/mol. The first-order valence-electron chi connectivity index (χ1n) is 4.79. The van der Waals surface area contributed by atoms with E-state index in [4.69, 9.17) is 0 Å². The van der Waals surface area contributed by atoms with Gasteiger partial charge in [-0.15, -0.1) is 0 Å². The van der Waals surface area contributed by atoms with Crippen LogP contribution in [0.25, 0.3) is 0 Å². The fraction of sp³-hybridized carbons (Fsp3) is 0.182. The van der Waals surface area contributed by atoms with Gasteiger partial charge in [0.15, 0.2) is 10.9 Å². The average Bonchev–Trinajstić information content (AvgIpc) is 2.65. The Hall–Kier alpha value is -1.62. The van der Waals surface area contributed by atoms with Gasteiger partial charge in [-0.25, -0.2) is 9.97 Å². The molecule has 0 aromatic carbocycles. The number of hydrogen-bond donors (Lipinski definition) is 0. The van der Waals surface area contributed by atoms with E-state index in [0.717, 1.165) is 5.16 Å². The Morgan fingerprint density at radius 1 is 1.38 bits per heavy atom. The van der Waals surface area contributed by atoms with Crippen molar-refractivity contribution in [2.45, 2.75) is 17.1 Å². The summed E-state index contributed by atoms with van der Waals surface area (Å²) in [6.07, 6.45) is 5.26. The molecule has 0 aliphatic heterocycles. The number of rotatable bonds is 3. The molecule has 2 heterocycles. The van der Waals surface area contributed by atoms with Gasteiger partial charge < -0.3 is 4.57 Å². The molecule has 0 aliphatic carbocycles. The zero-order valence-electron chi connectivity index (χ0n) is 9.04. The predicted molar refractivity (Wildman–Crippen MR) is 61.6 cm³/mol. The number of nitrogens with zero attached hydrogens (tertiary/aromatic N) is 3. The third kappa shape index (κ3) is 2.14. The summed E-state index contributed by atoms with van der Waals surface area (Å²) >= 11 is 1.40. The Bertz CT molecular complexity index is 521. The van der Waals surface area contributed by atoms with Crippen molar-refractivity contribution in [3.05, 3.63) is 36.3 Å². The van der Waals surface area contributed by atoms with E-state index >= 15 is 0 Å². The minimum atomic E-state index is 0.0183. The molecular formula is C11H11N3OS. The van der Waals surface area contributed by atoms with Crippen LogP contribution in [0.1, 0.15) is 17.3 Å². The molecule has 2 aromatic rings. The standard InChI is InChI=1S/C11H11N3OS/c1-8(15)9-4-3-5-12-10(9)16-11-13-6-7-14(11)2/h3-7H,1-2H3. The molecule has 82 valence electrons. The zero-order chi connectivity index (χ0) is 11.5. The van der Waals surface area contributed by atoms with Crippen LogP contribution in [0.5, 0.6) is 0 Å². The highest BCUT2D eigenvalue weighted by atomic mass is 32.2. The average molecular weight is 233 g/mol. The van der Waals surface area contributed by atoms with Gasteiger partial charge in [0.25, 0.3) is 0 Å². The molecule has 0 saturated heterocycles. The Labute approximate surface area is 97.7 Å². The van der Waals surface area contributed by atoms with Crippen LogP contribution >= 0.6 is 11.8 Å². The van der Waals surface area contributed by atoms with Crippen molar-refractivity contribution in [2.24, 2.45) is 7.05 Å². The maximum absolute atomic E-state index is 11.4. The number of Topliss-reactive ketones (excluding diaryl/α,β-unsaturated/α-hetero) is 1. The molecule has 4 nitrogen and oxygen atoms in total. The van der Waals surface area contributed by atoms with Gasteiger partial charge in [0.05, 0.1) is 0 Å². The van der Waals surface area contributed by atoms with Crippen LogP contribution in [0, 0.1) is 0 Å². The first-order chi connectivity index (χ1) is 7.68. The van der Waals surface area contributed by atoms with E-state index in [9.17, 15) is 4.79 Å². The third-order valence-corrected chi connectivity index (χ3v) is 3.21. The molecular weight excluding hydrogens is 222 g/mol. The number of hydrogen-bond acceptors (Lipinski definition) is 4. The summed E-state index contributed by atoms with van der Waals surface area (Å²) in [5, 5.41) is 1.52. The minimum Gasteiger partial charge on any atom is -0.329 e. The fourth-order valence-electron chi connectivity index (χ4n) is 1.28. The largest absolute Gasteiger partial charge is 0.329 e.